The molecule has 1 saturated carbocycles. The van der Waals surface area contributed by atoms with Gasteiger partial charge in [0.25, 0.3) is 0 Å². The van der Waals surface area contributed by atoms with Gasteiger partial charge in [0.2, 0.25) is 11.8 Å². The summed E-state index contributed by atoms with van der Waals surface area (Å²) in [7, 11) is 0. The number of anilines is 1. The first-order valence-corrected chi connectivity index (χ1v) is 15.7. The van der Waals surface area contributed by atoms with Crippen LogP contribution in [0.4, 0.5) is 5.69 Å². The Morgan fingerprint density at radius 3 is 2.28 bits per heavy atom. The van der Waals surface area contributed by atoms with Crippen LogP contribution in [0.1, 0.15) is 62.4 Å². The summed E-state index contributed by atoms with van der Waals surface area (Å²) in [6.45, 7) is 6.92. The van der Waals surface area contributed by atoms with Gasteiger partial charge >= 0.3 is 5.69 Å². The number of aromatic nitrogens is 4. The van der Waals surface area contributed by atoms with Gasteiger partial charge < -0.3 is 26.4 Å². The number of hydrogen-bond donors (Lipinski definition) is 5. The van der Waals surface area contributed by atoms with E-state index in [-0.39, 0.29) is 36.3 Å². The zero-order chi connectivity index (χ0) is 31.8. The molecule has 0 spiro atoms. The molecule has 1 fully saturated rings. The van der Waals surface area contributed by atoms with E-state index in [1.165, 1.54) is 0 Å². The van der Waals surface area contributed by atoms with Crippen LogP contribution in [0.3, 0.4) is 0 Å². The number of aryl methyl sites for hydroxylation is 1. The number of rotatable bonds is 9. The van der Waals surface area contributed by atoms with Crippen molar-refractivity contribution in [1.29, 1.82) is 0 Å². The highest BCUT2D eigenvalue weighted by molar-refractivity contribution is 6.02. The molecule has 6 rings (SSSR count). The van der Waals surface area contributed by atoms with Gasteiger partial charge in [-0.1, -0.05) is 38.1 Å². The Kier molecular flexibility index (Phi) is 9.69. The summed E-state index contributed by atoms with van der Waals surface area (Å²) in [6.07, 6.45) is 3.40. The molecule has 0 unspecified atom stereocenters. The predicted molar refractivity (Wildman–Crippen MR) is 185 cm³/mol. The average molecular weight is 644 g/mol. The Hall–Kier alpha value is -4.41. The van der Waals surface area contributed by atoms with Gasteiger partial charge in [-0.2, -0.15) is 0 Å². The van der Waals surface area contributed by atoms with Gasteiger partial charge in [0.1, 0.15) is 11.9 Å². The number of benzene rings is 3. The first kappa shape index (κ1) is 33.0. The highest BCUT2D eigenvalue weighted by Crippen LogP contribution is 2.34. The van der Waals surface area contributed by atoms with Crippen molar-refractivity contribution in [2.24, 2.45) is 23.3 Å². The van der Waals surface area contributed by atoms with Gasteiger partial charge in [0, 0.05) is 23.9 Å². The summed E-state index contributed by atoms with van der Waals surface area (Å²) in [6, 6.07) is 16.6. The van der Waals surface area contributed by atoms with E-state index in [2.05, 4.69) is 47.9 Å². The second kappa shape index (κ2) is 13.5. The molecule has 0 radical (unpaired) electrons. The predicted octanol–water partition coefficient (Wildman–Crippen LogP) is 5.45. The molecule has 10 nitrogen and oxygen atoms in total. The quantitative estimate of drug-likeness (QED) is 0.144. The Morgan fingerprint density at radius 1 is 0.935 bits per heavy atom. The van der Waals surface area contributed by atoms with Crippen LogP contribution < -0.4 is 22.1 Å². The van der Waals surface area contributed by atoms with Crippen LogP contribution in [0.25, 0.3) is 33.2 Å². The number of primary amides is 1. The lowest BCUT2D eigenvalue weighted by Gasteiger charge is -2.35. The molecule has 5 aromatic rings. The number of nitrogens with two attached hydrogens (primary N) is 2. The molecule has 2 aromatic heterocycles. The number of amides is 2. The third kappa shape index (κ3) is 6.59. The van der Waals surface area contributed by atoms with Crippen molar-refractivity contribution in [3.8, 4) is 11.1 Å². The normalized spacial score (nSPS) is 17.2. The monoisotopic (exact) mass is 643 g/mol. The van der Waals surface area contributed by atoms with Gasteiger partial charge in [-0.3, -0.25) is 14.5 Å². The minimum atomic E-state index is -0.921. The third-order valence-electron chi connectivity index (χ3n) is 9.27. The number of imidazole rings is 2. The summed E-state index contributed by atoms with van der Waals surface area (Å²) in [5, 5.41) is 0. The highest BCUT2D eigenvalue weighted by Gasteiger charge is 2.36. The average Bonchev–Trinajstić information content (AvgIpc) is 3.62. The molecule has 1 atom stereocenters. The second-order valence-electron chi connectivity index (χ2n) is 12.8. The summed E-state index contributed by atoms with van der Waals surface area (Å²) in [5.74, 6) is 0.706. The lowest BCUT2D eigenvalue weighted by molar-refractivity contribution is -0.127. The fourth-order valence-corrected chi connectivity index (χ4v) is 6.60. The van der Waals surface area contributed by atoms with Gasteiger partial charge in [0.15, 0.2) is 0 Å². The molecule has 46 heavy (non-hydrogen) atoms. The largest absolute Gasteiger partial charge is 0.368 e. The Labute approximate surface area is 273 Å². The SMILES string of the molecule is Cc1cc2[nH]c(C(C)C)nc2cc1-c1ccc(C[C@H](C(N)=O)N(c2ccc3[nH]c(=O)[nH]c3c2)C(=O)[C@H]2CC[C@H](CN)CC2)cc1.Cl. The zero-order valence-electron chi connectivity index (χ0n) is 26.4. The van der Waals surface area contributed by atoms with Crippen LogP contribution in [-0.2, 0) is 16.0 Å². The van der Waals surface area contributed by atoms with E-state index in [1.54, 1.807) is 23.1 Å². The number of nitrogens with one attached hydrogen (secondary N) is 3. The van der Waals surface area contributed by atoms with E-state index in [1.807, 2.05) is 24.3 Å². The van der Waals surface area contributed by atoms with Crippen LogP contribution in [-0.4, -0.2) is 44.3 Å². The minimum Gasteiger partial charge on any atom is -0.368 e. The number of hydrogen-bond acceptors (Lipinski definition) is 5. The van der Waals surface area contributed by atoms with Gasteiger partial charge in [0.05, 0.1) is 22.1 Å². The molecule has 11 heteroatoms. The molecule has 0 bridgehead atoms. The van der Waals surface area contributed by atoms with Crippen molar-refractivity contribution in [2.45, 2.75) is 64.8 Å². The van der Waals surface area contributed by atoms with E-state index in [0.717, 1.165) is 52.0 Å². The Bertz CT molecular complexity index is 1920. The van der Waals surface area contributed by atoms with Crippen molar-refractivity contribution >= 4 is 52.0 Å². The van der Waals surface area contributed by atoms with Crippen LogP contribution in [0.2, 0.25) is 0 Å². The summed E-state index contributed by atoms with van der Waals surface area (Å²) < 4.78 is 0. The lowest BCUT2D eigenvalue weighted by Crippen LogP contribution is -2.52. The molecule has 0 saturated heterocycles. The smallest absolute Gasteiger partial charge is 0.323 e. The molecule has 0 aliphatic heterocycles. The van der Waals surface area contributed by atoms with Crippen LogP contribution in [0.5, 0.6) is 0 Å². The number of nitrogens with zero attached hydrogens (tertiary/aromatic N) is 2. The number of fused-ring (bicyclic) bond motifs is 2. The molecule has 2 amide bonds. The molecule has 242 valence electrons. The standard InChI is InChI=1S/C35H41N7O3.ClH/c1-19(2)33-38-28-14-20(3)26(17-30(28)39-33)23-8-4-21(5-9-23)15-31(32(37)43)42(34(44)24-10-6-22(18-36)7-11-24)25-12-13-27-29(16-25)41-35(45)40-27;/h4-5,8-9,12-14,16-17,19,22,24,31H,6-7,10-11,15,18,36H2,1-3H3,(H2,37,43)(H,38,39)(H2,40,41,45);1H/t22-,24-,31-;/m1./s1. The van der Waals surface area contributed by atoms with Crippen LogP contribution in [0, 0.1) is 18.8 Å². The van der Waals surface area contributed by atoms with E-state index >= 15 is 0 Å². The van der Waals surface area contributed by atoms with Gasteiger partial charge in [-0.05, 0) is 97.7 Å². The topological polar surface area (TPSA) is 167 Å². The number of carbonyl (C=O) groups excluding carboxylic acids is 2. The molecule has 1 aliphatic rings. The molecule has 7 N–H and O–H groups in total. The molecule has 2 heterocycles. The fourth-order valence-electron chi connectivity index (χ4n) is 6.60. The fraction of sp³-hybridized carbons (Fsp3) is 0.371. The molecular weight excluding hydrogens is 602 g/mol. The van der Waals surface area contributed by atoms with E-state index in [0.29, 0.717) is 47.9 Å². The van der Waals surface area contributed by atoms with Crippen LogP contribution >= 0.6 is 12.4 Å². The number of aromatic amines is 3. The second-order valence-corrected chi connectivity index (χ2v) is 12.8. The van der Waals surface area contributed by atoms with Crippen molar-refractivity contribution in [2.75, 3.05) is 11.4 Å². The maximum atomic E-state index is 14.2. The third-order valence-corrected chi connectivity index (χ3v) is 9.27. The minimum absolute atomic E-state index is 0. The molecule has 1 aliphatic carbocycles. The van der Waals surface area contributed by atoms with E-state index in [4.69, 9.17) is 16.5 Å². The lowest BCUT2D eigenvalue weighted by atomic mass is 9.81. The Morgan fingerprint density at radius 2 is 1.63 bits per heavy atom. The van der Waals surface area contributed by atoms with Crippen molar-refractivity contribution < 1.29 is 9.59 Å². The van der Waals surface area contributed by atoms with Crippen LogP contribution in [0.15, 0.2) is 59.4 Å². The van der Waals surface area contributed by atoms with Crippen molar-refractivity contribution in [3.05, 3.63) is 82.0 Å². The maximum Gasteiger partial charge on any atom is 0.323 e. The first-order valence-electron chi connectivity index (χ1n) is 15.7. The summed E-state index contributed by atoms with van der Waals surface area (Å²) in [5.41, 5.74) is 19.4. The molecule has 3 aromatic carbocycles. The first-order chi connectivity index (χ1) is 21.6. The van der Waals surface area contributed by atoms with Gasteiger partial charge in [-0.25, -0.2) is 9.78 Å². The highest BCUT2D eigenvalue weighted by atomic mass is 35.5. The van der Waals surface area contributed by atoms with E-state index < -0.39 is 11.9 Å². The summed E-state index contributed by atoms with van der Waals surface area (Å²) >= 11 is 0. The van der Waals surface area contributed by atoms with Gasteiger partial charge in [-0.15, -0.1) is 12.4 Å². The number of H-pyrrole nitrogens is 3. The van der Waals surface area contributed by atoms with Crippen molar-refractivity contribution in [1.82, 2.24) is 19.9 Å². The summed E-state index contributed by atoms with van der Waals surface area (Å²) in [4.78, 5) is 54.5. The van der Waals surface area contributed by atoms with Crippen molar-refractivity contribution in [3.63, 3.8) is 0 Å². The molecular formula is C35H42ClN7O3. The number of carbonyl (C=O) groups is 2. The maximum absolute atomic E-state index is 14.2. The number of halogens is 1. The van der Waals surface area contributed by atoms with E-state index in [9.17, 15) is 14.4 Å². The zero-order valence-corrected chi connectivity index (χ0v) is 27.2. The Balaban J connectivity index is 0.00000417.